The molecule has 0 saturated heterocycles. The van der Waals surface area contributed by atoms with Crippen LogP contribution in [0.3, 0.4) is 0 Å². The van der Waals surface area contributed by atoms with Crippen molar-refractivity contribution in [1.82, 2.24) is 5.32 Å². The third-order valence-electron chi connectivity index (χ3n) is 2.75. The summed E-state index contributed by atoms with van der Waals surface area (Å²) in [5.74, 6) is 1.16. The largest absolute Gasteiger partial charge is 0.463 e. The highest BCUT2D eigenvalue weighted by molar-refractivity contribution is 5.39. The average molecular weight is 251 g/mol. The lowest BCUT2D eigenvalue weighted by atomic mass is 10.0. The Hall–Kier alpha value is -1.06. The van der Waals surface area contributed by atoms with E-state index in [0.29, 0.717) is 18.5 Å². The molecule has 1 aromatic carbocycles. The molecule has 0 radical (unpaired) electrons. The Morgan fingerprint density at radius 3 is 2.44 bits per heavy atom. The molecule has 1 rings (SSSR count). The summed E-state index contributed by atoms with van der Waals surface area (Å²) in [6.45, 7) is 10.8. The Labute approximate surface area is 110 Å². The Bertz CT molecular complexity index is 375. The number of benzene rings is 1. The van der Waals surface area contributed by atoms with E-state index in [2.05, 4.69) is 31.3 Å². The van der Waals surface area contributed by atoms with Crippen molar-refractivity contribution in [1.29, 1.82) is 0 Å². The highest BCUT2D eigenvalue weighted by Gasteiger charge is 2.12. The minimum Gasteiger partial charge on any atom is -0.463 e. The maximum absolute atomic E-state index is 9.86. The predicted molar refractivity (Wildman–Crippen MR) is 75.0 cm³/mol. The van der Waals surface area contributed by atoms with Crippen LogP contribution in [0.5, 0.6) is 5.75 Å². The standard InChI is InChI=1S/C15H25NO2/c1-10(2)13-7-6-12(5)8-14(13)18-15(17)9-16-11(3)4/h6-8,10-11,15-17H,9H2,1-5H3. The molecule has 3 heteroatoms. The van der Waals surface area contributed by atoms with Crippen molar-refractivity contribution < 1.29 is 9.84 Å². The molecule has 0 aliphatic heterocycles. The zero-order valence-corrected chi connectivity index (χ0v) is 12.0. The third kappa shape index (κ3) is 4.67. The summed E-state index contributed by atoms with van der Waals surface area (Å²) < 4.78 is 5.63. The number of rotatable bonds is 6. The van der Waals surface area contributed by atoms with Crippen molar-refractivity contribution in [2.24, 2.45) is 0 Å². The summed E-state index contributed by atoms with van der Waals surface area (Å²) in [6, 6.07) is 6.46. The van der Waals surface area contributed by atoms with Gasteiger partial charge in [-0.25, -0.2) is 0 Å². The number of ether oxygens (including phenoxy) is 1. The molecule has 3 nitrogen and oxygen atoms in total. The van der Waals surface area contributed by atoms with E-state index >= 15 is 0 Å². The van der Waals surface area contributed by atoms with Gasteiger partial charge in [0, 0.05) is 6.04 Å². The zero-order chi connectivity index (χ0) is 13.7. The molecule has 1 atom stereocenters. The topological polar surface area (TPSA) is 41.5 Å². The minimum absolute atomic E-state index is 0.338. The Morgan fingerprint density at radius 2 is 1.89 bits per heavy atom. The molecule has 0 aliphatic carbocycles. The van der Waals surface area contributed by atoms with E-state index < -0.39 is 6.29 Å². The van der Waals surface area contributed by atoms with Crippen molar-refractivity contribution in [3.63, 3.8) is 0 Å². The van der Waals surface area contributed by atoms with E-state index in [-0.39, 0.29) is 0 Å². The van der Waals surface area contributed by atoms with Gasteiger partial charge in [0.25, 0.3) is 0 Å². The van der Waals surface area contributed by atoms with Crippen molar-refractivity contribution in [3.05, 3.63) is 29.3 Å². The molecule has 0 fully saturated rings. The fourth-order valence-electron chi connectivity index (χ4n) is 1.75. The minimum atomic E-state index is -0.813. The SMILES string of the molecule is Cc1ccc(C(C)C)c(OC(O)CNC(C)C)c1. The number of hydrogen-bond donors (Lipinski definition) is 2. The fraction of sp³-hybridized carbons (Fsp3) is 0.600. The Morgan fingerprint density at radius 1 is 1.22 bits per heavy atom. The number of hydrogen-bond acceptors (Lipinski definition) is 3. The van der Waals surface area contributed by atoms with Crippen LogP contribution in [0.1, 0.15) is 44.7 Å². The van der Waals surface area contributed by atoms with Gasteiger partial charge in [-0.2, -0.15) is 0 Å². The van der Waals surface area contributed by atoms with Crippen molar-refractivity contribution in [2.45, 2.75) is 52.9 Å². The van der Waals surface area contributed by atoms with Gasteiger partial charge in [-0.15, -0.1) is 0 Å². The summed E-state index contributed by atoms with van der Waals surface area (Å²) in [4.78, 5) is 0. The molecule has 2 N–H and O–H groups in total. The van der Waals surface area contributed by atoms with E-state index in [9.17, 15) is 5.11 Å². The number of aliphatic hydroxyl groups excluding tert-OH is 1. The average Bonchev–Trinajstić information content (AvgIpc) is 2.26. The van der Waals surface area contributed by atoms with Gasteiger partial charge in [0.2, 0.25) is 6.29 Å². The third-order valence-corrected chi connectivity index (χ3v) is 2.75. The number of aryl methyl sites for hydroxylation is 1. The molecule has 102 valence electrons. The summed E-state index contributed by atoms with van der Waals surface area (Å²) in [7, 11) is 0. The van der Waals surface area contributed by atoms with Crippen LogP contribution in [0.15, 0.2) is 18.2 Å². The molecule has 0 spiro atoms. The molecule has 18 heavy (non-hydrogen) atoms. The Kier molecular flexibility index (Phi) is 5.63. The molecule has 0 aromatic heterocycles. The quantitative estimate of drug-likeness (QED) is 0.764. The predicted octanol–water partition coefficient (Wildman–Crippen LogP) is 2.81. The van der Waals surface area contributed by atoms with Gasteiger partial charge in [0.1, 0.15) is 5.75 Å². The lowest BCUT2D eigenvalue weighted by Crippen LogP contribution is -2.35. The van der Waals surface area contributed by atoms with E-state index in [0.717, 1.165) is 16.9 Å². The zero-order valence-electron chi connectivity index (χ0n) is 12.0. The highest BCUT2D eigenvalue weighted by atomic mass is 16.6. The second kappa shape index (κ2) is 6.76. The first kappa shape index (κ1) is 15.0. The first-order valence-electron chi connectivity index (χ1n) is 6.58. The molecule has 0 amide bonds. The van der Waals surface area contributed by atoms with Crippen LogP contribution in [0, 0.1) is 6.92 Å². The van der Waals surface area contributed by atoms with Gasteiger partial charge in [-0.05, 0) is 30.0 Å². The van der Waals surface area contributed by atoms with Crippen LogP contribution in [-0.2, 0) is 0 Å². The van der Waals surface area contributed by atoms with Crippen LogP contribution in [0.2, 0.25) is 0 Å². The van der Waals surface area contributed by atoms with Crippen LogP contribution in [0.25, 0.3) is 0 Å². The van der Waals surface area contributed by atoms with Crippen LogP contribution in [-0.4, -0.2) is 24.0 Å². The lowest BCUT2D eigenvalue weighted by Gasteiger charge is -2.20. The summed E-state index contributed by atoms with van der Waals surface area (Å²) in [5.41, 5.74) is 2.27. The van der Waals surface area contributed by atoms with Crippen LogP contribution < -0.4 is 10.1 Å². The van der Waals surface area contributed by atoms with Crippen molar-refractivity contribution in [3.8, 4) is 5.75 Å². The first-order chi connectivity index (χ1) is 8.40. The van der Waals surface area contributed by atoms with Crippen molar-refractivity contribution in [2.75, 3.05) is 6.54 Å². The molecule has 0 saturated carbocycles. The van der Waals surface area contributed by atoms with Gasteiger partial charge in [-0.3, -0.25) is 0 Å². The monoisotopic (exact) mass is 251 g/mol. The van der Waals surface area contributed by atoms with E-state index in [1.165, 1.54) is 0 Å². The van der Waals surface area contributed by atoms with Gasteiger partial charge < -0.3 is 15.2 Å². The molecule has 0 bridgehead atoms. The van der Waals surface area contributed by atoms with Crippen molar-refractivity contribution >= 4 is 0 Å². The molecule has 1 aromatic rings. The van der Waals surface area contributed by atoms with Crippen LogP contribution >= 0.6 is 0 Å². The maximum atomic E-state index is 9.86. The van der Waals surface area contributed by atoms with E-state index in [1.54, 1.807) is 0 Å². The van der Waals surface area contributed by atoms with Crippen LogP contribution in [0.4, 0.5) is 0 Å². The molecule has 0 aliphatic rings. The maximum Gasteiger partial charge on any atom is 0.210 e. The fourth-order valence-corrected chi connectivity index (χ4v) is 1.75. The van der Waals surface area contributed by atoms with E-state index in [1.807, 2.05) is 26.8 Å². The van der Waals surface area contributed by atoms with Gasteiger partial charge >= 0.3 is 0 Å². The highest BCUT2D eigenvalue weighted by Crippen LogP contribution is 2.27. The molecular formula is C15H25NO2. The van der Waals surface area contributed by atoms with E-state index in [4.69, 9.17) is 4.74 Å². The van der Waals surface area contributed by atoms with Gasteiger partial charge in [0.05, 0.1) is 6.54 Å². The number of nitrogens with one attached hydrogen (secondary N) is 1. The molecular weight excluding hydrogens is 226 g/mol. The van der Waals surface area contributed by atoms with Gasteiger partial charge in [0.15, 0.2) is 0 Å². The smallest absolute Gasteiger partial charge is 0.210 e. The second-order valence-electron chi connectivity index (χ2n) is 5.33. The molecule has 0 heterocycles. The number of aliphatic hydroxyl groups is 1. The lowest BCUT2D eigenvalue weighted by molar-refractivity contribution is -0.0171. The Balaban J connectivity index is 2.73. The normalized spacial score (nSPS) is 13.1. The first-order valence-corrected chi connectivity index (χ1v) is 6.58. The molecule has 1 unspecified atom stereocenters. The summed E-state index contributed by atoms with van der Waals surface area (Å²) in [5, 5.41) is 13.0. The summed E-state index contributed by atoms with van der Waals surface area (Å²) in [6.07, 6.45) is -0.813. The summed E-state index contributed by atoms with van der Waals surface area (Å²) >= 11 is 0. The van der Waals surface area contributed by atoms with Gasteiger partial charge in [-0.1, -0.05) is 39.8 Å². The second-order valence-corrected chi connectivity index (χ2v) is 5.33.